The van der Waals surface area contributed by atoms with Crippen molar-refractivity contribution in [2.24, 2.45) is 0 Å². The van der Waals surface area contributed by atoms with Crippen LogP contribution in [0.4, 0.5) is 0 Å². The highest BCUT2D eigenvalue weighted by Gasteiger charge is 2.29. The van der Waals surface area contributed by atoms with Crippen LogP contribution < -0.4 is 15.3 Å². The van der Waals surface area contributed by atoms with E-state index < -0.39 is 15.2 Å². The molecular weight excluding hydrogens is 550 g/mol. The third-order valence-corrected chi connectivity index (χ3v) is 9.85. The zero-order valence-corrected chi connectivity index (χ0v) is 25.1. The van der Waals surface area contributed by atoms with Gasteiger partial charge < -0.3 is 22.8 Å². The van der Waals surface area contributed by atoms with Gasteiger partial charge in [0.1, 0.15) is 12.4 Å². The van der Waals surface area contributed by atoms with Gasteiger partial charge in [0.05, 0.1) is 42.6 Å². The van der Waals surface area contributed by atoms with Crippen LogP contribution in [-0.4, -0.2) is 32.2 Å². The molecule has 10 heteroatoms. The van der Waals surface area contributed by atoms with Gasteiger partial charge >= 0.3 is 15.2 Å². The van der Waals surface area contributed by atoms with E-state index in [9.17, 15) is 13.9 Å². The quantitative estimate of drug-likeness (QED) is 0.101. The first-order valence-corrected chi connectivity index (χ1v) is 16.3. The molecule has 3 rings (SSSR count). The maximum Gasteiger partial charge on any atom is 0.361 e. The summed E-state index contributed by atoms with van der Waals surface area (Å²) in [7, 11) is -7.04. The lowest BCUT2D eigenvalue weighted by Gasteiger charge is -2.19. The minimum atomic E-state index is -3.63. The van der Waals surface area contributed by atoms with Gasteiger partial charge in [0.25, 0.3) is 0 Å². The van der Waals surface area contributed by atoms with Crippen molar-refractivity contribution in [2.45, 2.75) is 34.3 Å². The number of carbonyl (C=O) groups excluding carboxylic acids is 1. The third-order valence-electron chi connectivity index (χ3n) is 5.61. The molecule has 0 fully saturated rings. The summed E-state index contributed by atoms with van der Waals surface area (Å²) in [6.07, 6.45) is 3.04. The normalized spacial score (nSPS) is 12.1. The van der Waals surface area contributed by atoms with Crippen LogP contribution in [0.15, 0.2) is 78.9 Å². The zero-order valence-electron chi connectivity index (χ0n) is 23.3. The molecular formula is C30H36O8P2. The van der Waals surface area contributed by atoms with E-state index >= 15 is 0 Å². The van der Waals surface area contributed by atoms with E-state index in [0.717, 1.165) is 5.56 Å². The van der Waals surface area contributed by atoms with Crippen LogP contribution in [0.3, 0.4) is 0 Å². The molecule has 0 aliphatic rings. The minimum absolute atomic E-state index is 0.183. The fraction of sp³-hybridized carbons (Fsp3) is 0.300. The van der Waals surface area contributed by atoms with Gasteiger partial charge in [-0.2, -0.15) is 0 Å². The number of carbonyl (C=O) groups is 1. The van der Waals surface area contributed by atoms with Gasteiger partial charge in [0.2, 0.25) is 0 Å². The van der Waals surface area contributed by atoms with Gasteiger partial charge in [-0.3, -0.25) is 13.9 Å². The molecule has 0 saturated heterocycles. The Bertz CT molecular complexity index is 1350. The fourth-order valence-electron chi connectivity index (χ4n) is 3.82. The summed E-state index contributed by atoms with van der Waals surface area (Å²) < 4.78 is 54.2. The second-order valence-corrected chi connectivity index (χ2v) is 12.5. The molecule has 0 unspecified atom stereocenters. The molecule has 3 aromatic rings. The summed E-state index contributed by atoms with van der Waals surface area (Å²) in [4.78, 5) is 13.4. The van der Waals surface area contributed by atoms with Crippen molar-refractivity contribution in [3.63, 3.8) is 0 Å². The second-order valence-electron chi connectivity index (χ2n) is 8.41. The first-order valence-electron chi connectivity index (χ1n) is 13.2. The average Bonchev–Trinajstić information content (AvgIpc) is 2.96. The second kappa shape index (κ2) is 15.2. The highest BCUT2D eigenvalue weighted by molar-refractivity contribution is 7.62. The molecule has 0 N–H and O–H groups in total. The maximum atomic E-state index is 13.4. The summed E-state index contributed by atoms with van der Waals surface area (Å²) in [6.45, 7) is 8.08. The summed E-state index contributed by atoms with van der Waals surface area (Å²) in [5, 5.41) is 0.707. The Hall–Kier alpha value is -2.83. The van der Waals surface area contributed by atoms with E-state index in [1.165, 1.54) is 12.1 Å². The van der Waals surface area contributed by atoms with Crippen LogP contribution in [0.5, 0.6) is 5.75 Å². The molecule has 0 saturated carbocycles. The largest absolute Gasteiger partial charge is 0.488 e. The van der Waals surface area contributed by atoms with Crippen LogP contribution >= 0.6 is 15.2 Å². The molecule has 0 aliphatic carbocycles. The maximum absolute atomic E-state index is 13.4. The molecule has 0 heterocycles. The predicted molar refractivity (Wildman–Crippen MR) is 158 cm³/mol. The minimum Gasteiger partial charge on any atom is -0.488 e. The number of ether oxygens (including phenoxy) is 1. The van der Waals surface area contributed by atoms with E-state index in [2.05, 4.69) is 0 Å². The van der Waals surface area contributed by atoms with Crippen molar-refractivity contribution in [3.8, 4) is 5.75 Å². The predicted octanol–water partition coefficient (Wildman–Crippen LogP) is 6.94. The topological polar surface area (TPSA) is 97.4 Å². The van der Waals surface area contributed by atoms with Crippen LogP contribution in [0.2, 0.25) is 0 Å². The molecule has 0 atom stereocenters. The molecule has 0 aromatic heterocycles. The van der Waals surface area contributed by atoms with Crippen molar-refractivity contribution in [3.05, 3.63) is 95.6 Å². The van der Waals surface area contributed by atoms with Gasteiger partial charge in [-0.15, -0.1) is 0 Å². The summed E-state index contributed by atoms with van der Waals surface area (Å²) in [5.41, 5.74) is 1.86. The monoisotopic (exact) mass is 586 g/mol. The molecule has 0 bridgehead atoms. The molecule has 0 amide bonds. The van der Waals surface area contributed by atoms with Gasteiger partial charge in [-0.05, 0) is 75.2 Å². The Morgan fingerprint density at radius 1 is 0.700 bits per heavy atom. The van der Waals surface area contributed by atoms with E-state index in [0.29, 0.717) is 16.6 Å². The smallest absolute Gasteiger partial charge is 0.361 e. The summed E-state index contributed by atoms with van der Waals surface area (Å²) >= 11 is 0. The number of ketones is 1. The van der Waals surface area contributed by atoms with E-state index in [1.54, 1.807) is 70.2 Å². The first-order chi connectivity index (χ1) is 19.3. The lowest BCUT2D eigenvalue weighted by molar-refractivity contribution is 0.104. The number of allylic oxidation sites excluding steroid dienone is 1. The molecule has 40 heavy (non-hydrogen) atoms. The summed E-state index contributed by atoms with van der Waals surface area (Å²) in [5.74, 6) is -0.0191. The van der Waals surface area contributed by atoms with Crippen LogP contribution in [0, 0.1) is 0 Å². The highest BCUT2D eigenvalue weighted by atomic mass is 31.2. The third kappa shape index (κ3) is 8.34. The van der Waals surface area contributed by atoms with Crippen LogP contribution in [-0.2, 0) is 33.8 Å². The van der Waals surface area contributed by atoms with Crippen molar-refractivity contribution >= 4 is 37.7 Å². The number of rotatable bonds is 16. The van der Waals surface area contributed by atoms with Crippen LogP contribution in [0.25, 0.3) is 6.08 Å². The van der Waals surface area contributed by atoms with Crippen molar-refractivity contribution < 1.29 is 36.8 Å². The number of benzene rings is 3. The van der Waals surface area contributed by atoms with Gasteiger partial charge in [0, 0.05) is 0 Å². The fourth-order valence-corrected chi connectivity index (χ4v) is 6.99. The van der Waals surface area contributed by atoms with E-state index in [4.69, 9.17) is 22.8 Å². The Morgan fingerprint density at radius 3 is 1.77 bits per heavy atom. The molecule has 3 aromatic carbocycles. The first kappa shape index (κ1) is 31.7. The SMILES string of the molecule is CCOP(=O)(OCC)c1ccc(C=CC(=O)c2cc(P(=O)(OCC)OCC)ccc2OCc2ccccc2)cc1. The van der Waals surface area contributed by atoms with E-state index in [1.807, 2.05) is 30.3 Å². The molecule has 0 spiro atoms. The van der Waals surface area contributed by atoms with Crippen LogP contribution in [0.1, 0.15) is 49.2 Å². The summed E-state index contributed by atoms with van der Waals surface area (Å²) in [6, 6.07) is 21.1. The van der Waals surface area contributed by atoms with Crippen molar-refractivity contribution in [2.75, 3.05) is 26.4 Å². The number of hydrogen-bond acceptors (Lipinski definition) is 8. The molecule has 0 radical (unpaired) electrons. The van der Waals surface area contributed by atoms with Gasteiger partial charge in [0.15, 0.2) is 5.78 Å². The highest BCUT2D eigenvalue weighted by Crippen LogP contribution is 2.48. The average molecular weight is 587 g/mol. The lowest BCUT2D eigenvalue weighted by atomic mass is 10.1. The van der Waals surface area contributed by atoms with Gasteiger partial charge in [-0.25, -0.2) is 0 Å². The Morgan fingerprint density at radius 2 is 1.23 bits per heavy atom. The standard InChI is InChI=1S/C30H36O8P2/c1-5-35-39(32,36-6-2)26-17-14-24(15-18-26)16-20-29(31)28-22-27(40(33,37-7-3)38-8-4)19-21-30(28)34-23-25-12-10-9-11-13-25/h9-22H,5-8,23H2,1-4H3. The lowest BCUT2D eigenvalue weighted by Crippen LogP contribution is -2.14. The molecule has 8 nitrogen and oxygen atoms in total. The molecule has 214 valence electrons. The Labute approximate surface area is 236 Å². The number of hydrogen-bond donors (Lipinski definition) is 0. The van der Waals surface area contributed by atoms with Crippen molar-refractivity contribution in [1.29, 1.82) is 0 Å². The Kier molecular flexibility index (Phi) is 12.1. The molecule has 0 aliphatic heterocycles. The van der Waals surface area contributed by atoms with E-state index in [-0.39, 0.29) is 49.7 Å². The van der Waals surface area contributed by atoms with Crippen molar-refractivity contribution in [1.82, 2.24) is 0 Å². The zero-order chi connectivity index (χ0) is 29.0. The van der Waals surface area contributed by atoms with Gasteiger partial charge in [-0.1, -0.05) is 48.5 Å². The Balaban J connectivity index is 1.91.